The van der Waals surface area contributed by atoms with E-state index in [1.807, 2.05) is 13.0 Å². The van der Waals surface area contributed by atoms with Gasteiger partial charge in [-0.25, -0.2) is 0 Å². The molecule has 0 radical (unpaired) electrons. The van der Waals surface area contributed by atoms with Gasteiger partial charge in [0.15, 0.2) is 0 Å². The van der Waals surface area contributed by atoms with E-state index in [0.29, 0.717) is 10.7 Å². The van der Waals surface area contributed by atoms with E-state index in [9.17, 15) is 9.59 Å². The third-order valence-electron chi connectivity index (χ3n) is 5.28. The summed E-state index contributed by atoms with van der Waals surface area (Å²) in [5.74, 6) is -0.599. The fourth-order valence-electron chi connectivity index (χ4n) is 4.28. The molecular weight excluding hydrogens is 370 g/mol. The number of halogens is 2. The van der Waals surface area contributed by atoms with Crippen LogP contribution in [0.2, 0.25) is 5.02 Å². The quantitative estimate of drug-likeness (QED) is 0.629. The molecule has 2 saturated carbocycles. The first kappa shape index (κ1) is 14.5. The Labute approximate surface area is 141 Å². The van der Waals surface area contributed by atoms with Gasteiger partial charge in [-0.3, -0.25) is 9.59 Å². The van der Waals surface area contributed by atoms with Gasteiger partial charge in [-0.1, -0.05) is 33.6 Å². The van der Waals surface area contributed by atoms with Crippen molar-refractivity contribution in [2.45, 2.75) is 24.3 Å². The molecule has 0 spiro atoms. The van der Waals surface area contributed by atoms with E-state index in [1.54, 1.807) is 12.1 Å². The van der Waals surface area contributed by atoms with Gasteiger partial charge in [0.05, 0.1) is 16.7 Å². The molecule has 116 valence electrons. The molecule has 1 aromatic carbocycles. The summed E-state index contributed by atoms with van der Waals surface area (Å²) in [7, 11) is 0. The zero-order valence-electron chi connectivity index (χ0n) is 11.9. The second kappa shape index (κ2) is 4.96. The standard InChI is InChI=1S/C16H15BrClNO3/c1-6-2-3-7(18)4-10(6)19-15(20)11-8-5-9-12(11)16(21)22-14(9)13(8)17/h2-4,8-9,11-14H,5H2,1H3,(H,19,20)/t8-,9-,11-,12-,13-,14+/m1/s1. The molecule has 4 rings (SSSR count). The van der Waals surface area contributed by atoms with Gasteiger partial charge in [0, 0.05) is 16.6 Å². The topological polar surface area (TPSA) is 55.4 Å². The number of rotatable bonds is 2. The summed E-state index contributed by atoms with van der Waals surface area (Å²) in [5.41, 5.74) is 1.65. The third-order valence-corrected chi connectivity index (χ3v) is 6.72. The predicted molar refractivity (Wildman–Crippen MR) is 86.0 cm³/mol. The summed E-state index contributed by atoms with van der Waals surface area (Å²) in [6.07, 6.45) is 0.823. The third kappa shape index (κ3) is 1.95. The van der Waals surface area contributed by atoms with Crippen molar-refractivity contribution >= 4 is 45.1 Å². The Morgan fingerprint density at radius 1 is 1.41 bits per heavy atom. The number of hydrogen-bond acceptors (Lipinski definition) is 3. The summed E-state index contributed by atoms with van der Waals surface area (Å²) in [5, 5.41) is 3.53. The maximum Gasteiger partial charge on any atom is 0.310 e. The lowest BCUT2D eigenvalue weighted by atomic mass is 9.79. The fourth-order valence-corrected chi connectivity index (χ4v) is 5.49. The van der Waals surface area contributed by atoms with E-state index in [0.717, 1.165) is 12.0 Å². The van der Waals surface area contributed by atoms with Crippen LogP contribution < -0.4 is 5.32 Å². The predicted octanol–water partition coefficient (Wildman–Crippen LogP) is 3.16. The number of esters is 1. The SMILES string of the molecule is Cc1ccc(Cl)cc1NC(=O)[C@@H]1[C@H]2C[C@H]3[C@H](OC(=O)[C@H]31)[C@@H]2Br. The van der Waals surface area contributed by atoms with Gasteiger partial charge >= 0.3 is 5.97 Å². The molecule has 0 unspecified atom stereocenters. The number of anilines is 1. The Morgan fingerprint density at radius 3 is 2.95 bits per heavy atom. The number of carbonyl (C=O) groups excluding carboxylic acids is 2. The van der Waals surface area contributed by atoms with Gasteiger partial charge in [-0.05, 0) is 37.0 Å². The van der Waals surface area contributed by atoms with Crippen molar-refractivity contribution in [2.75, 3.05) is 5.32 Å². The molecule has 1 heterocycles. The Morgan fingerprint density at radius 2 is 2.18 bits per heavy atom. The summed E-state index contributed by atoms with van der Waals surface area (Å²) >= 11 is 9.62. The molecule has 6 atom stereocenters. The van der Waals surface area contributed by atoms with Gasteiger partial charge in [0.2, 0.25) is 5.91 Å². The van der Waals surface area contributed by atoms with E-state index in [1.165, 1.54) is 0 Å². The molecule has 1 N–H and O–H groups in total. The maximum absolute atomic E-state index is 12.8. The molecule has 0 aromatic heterocycles. The van der Waals surface area contributed by atoms with E-state index >= 15 is 0 Å². The van der Waals surface area contributed by atoms with Crippen LogP contribution in [0.3, 0.4) is 0 Å². The van der Waals surface area contributed by atoms with Crippen molar-refractivity contribution in [3.8, 4) is 0 Å². The molecule has 3 aliphatic rings. The van der Waals surface area contributed by atoms with Crippen LogP contribution in [0.1, 0.15) is 12.0 Å². The molecule has 2 aliphatic carbocycles. The Kier molecular flexibility index (Phi) is 3.28. The number of alkyl halides is 1. The van der Waals surface area contributed by atoms with Gasteiger partial charge < -0.3 is 10.1 Å². The summed E-state index contributed by atoms with van der Waals surface area (Å²) in [4.78, 5) is 24.9. The Balaban J connectivity index is 1.61. The van der Waals surface area contributed by atoms with Crippen molar-refractivity contribution in [3.05, 3.63) is 28.8 Å². The van der Waals surface area contributed by atoms with Crippen LogP contribution in [-0.2, 0) is 14.3 Å². The number of carbonyl (C=O) groups is 2. The van der Waals surface area contributed by atoms with Crippen molar-refractivity contribution in [1.29, 1.82) is 0 Å². The smallest absolute Gasteiger partial charge is 0.310 e. The molecule has 1 saturated heterocycles. The van der Waals surface area contributed by atoms with E-state index in [4.69, 9.17) is 16.3 Å². The van der Waals surface area contributed by atoms with Crippen LogP contribution in [0.25, 0.3) is 0 Å². The molecule has 22 heavy (non-hydrogen) atoms. The lowest BCUT2D eigenvalue weighted by Gasteiger charge is -2.27. The Bertz CT molecular complexity index is 679. The van der Waals surface area contributed by atoms with Crippen LogP contribution in [0.5, 0.6) is 0 Å². The minimum atomic E-state index is -0.320. The normalized spacial score (nSPS) is 38.2. The van der Waals surface area contributed by atoms with Crippen LogP contribution in [-0.4, -0.2) is 22.8 Å². The molecular formula is C16H15BrClNO3. The first-order valence-electron chi connectivity index (χ1n) is 7.39. The first-order chi connectivity index (χ1) is 10.5. The highest BCUT2D eigenvalue weighted by Gasteiger charge is 2.67. The van der Waals surface area contributed by atoms with Crippen molar-refractivity contribution in [1.82, 2.24) is 0 Å². The molecule has 4 nitrogen and oxygen atoms in total. The summed E-state index contributed by atoms with van der Waals surface area (Å²) in [6, 6.07) is 5.40. The molecule has 2 bridgehead atoms. The maximum atomic E-state index is 12.8. The minimum absolute atomic E-state index is 0.0561. The van der Waals surface area contributed by atoms with Gasteiger partial charge in [-0.2, -0.15) is 0 Å². The number of aryl methyl sites for hydroxylation is 1. The second-order valence-electron chi connectivity index (χ2n) is 6.41. The monoisotopic (exact) mass is 383 g/mol. The highest BCUT2D eigenvalue weighted by atomic mass is 79.9. The Hall–Kier alpha value is -1.07. The average Bonchev–Trinajstić information content (AvgIpc) is 3.07. The van der Waals surface area contributed by atoms with Crippen LogP contribution in [0.15, 0.2) is 18.2 Å². The fraction of sp³-hybridized carbons (Fsp3) is 0.500. The molecule has 1 amide bonds. The largest absolute Gasteiger partial charge is 0.461 e. The van der Waals surface area contributed by atoms with E-state index < -0.39 is 0 Å². The zero-order valence-corrected chi connectivity index (χ0v) is 14.2. The number of ether oxygens (including phenoxy) is 1. The summed E-state index contributed by atoms with van der Waals surface area (Å²) < 4.78 is 5.44. The molecule has 1 aromatic rings. The average molecular weight is 385 g/mol. The highest BCUT2D eigenvalue weighted by molar-refractivity contribution is 9.09. The van der Waals surface area contributed by atoms with Crippen molar-refractivity contribution < 1.29 is 14.3 Å². The lowest BCUT2D eigenvalue weighted by Crippen LogP contribution is -2.40. The van der Waals surface area contributed by atoms with Gasteiger partial charge in [0.25, 0.3) is 0 Å². The minimum Gasteiger partial charge on any atom is -0.461 e. The van der Waals surface area contributed by atoms with Crippen LogP contribution in [0, 0.1) is 30.6 Å². The molecule has 3 fully saturated rings. The molecule has 1 aliphatic heterocycles. The molecule has 6 heteroatoms. The zero-order chi connectivity index (χ0) is 15.6. The second-order valence-corrected chi connectivity index (χ2v) is 7.90. The van der Waals surface area contributed by atoms with Crippen molar-refractivity contribution in [3.63, 3.8) is 0 Å². The summed E-state index contributed by atoms with van der Waals surface area (Å²) in [6.45, 7) is 1.92. The number of amides is 1. The van der Waals surface area contributed by atoms with Gasteiger partial charge in [-0.15, -0.1) is 0 Å². The van der Waals surface area contributed by atoms with Crippen molar-refractivity contribution in [2.24, 2.45) is 23.7 Å². The highest BCUT2D eigenvalue weighted by Crippen LogP contribution is 2.60. The first-order valence-corrected chi connectivity index (χ1v) is 8.68. The number of nitrogens with one attached hydrogen (secondary N) is 1. The van der Waals surface area contributed by atoms with E-state index in [-0.39, 0.29) is 46.5 Å². The number of benzene rings is 1. The van der Waals surface area contributed by atoms with Crippen LogP contribution in [0.4, 0.5) is 5.69 Å². The van der Waals surface area contributed by atoms with Crippen LogP contribution >= 0.6 is 27.5 Å². The van der Waals surface area contributed by atoms with E-state index in [2.05, 4.69) is 21.2 Å². The number of fused-ring (bicyclic) bond motifs is 1. The van der Waals surface area contributed by atoms with Gasteiger partial charge in [0.1, 0.15) is 6.10 Å². The lowest BCUT2D eigenvalue weighted by molar-refractivity contribution is -0.145. The number of hydrogen-bond donors (Lipinski definition) is 1.